The molecular formula is C20H15NO3. The van der Waals surface area contributed by atoms with Crippen LogP contribution in [0.3, 0.4) is 0 Å². The lowest BCUT2D eigenvalue weighted by Crippen LogP contribution is -2.08. The molecule has 1 aliphatic heterocycles. The van der Waals surface area contributed by atoms with E-state index in [0.717, 1.165) is 33.3 Å². The van der Waals surface area contributed by atoms with E-state index in [1.165, 1.54) is 7.11 Å². The number of benzene rings is 2. The van der Waals surface area contributed by atoms with Crippen LogP contribution in [0.2, 0.25) is 0 Å². The number of esters is 1. The predicted molar refractivity (Wildman–Crippen MR) is 92.8 cm³/mol. The highest BCUT2D eigenvalue weighted by molar-refractivity contribution is 6.33. The van der Waals surface area contributed by atoms with Crippen molar-refractivity contribution in [1.29, 1.82) is 0 Å². The normalized spacial score (nSPS) is 13.5. The van der Waals surface area contributed by atoms with Crippen LogP contribution in [0.1, 0.15) is 33.3 Å². The minimum atomic E-state index is -0.383. The number of hydrogen-bond donors (Lipinski definition) is 0. The summed E-state index contributed by atoms with van der Waals surface area (Å²) in [7, 11) is 1.36. The molecule has 3 aromatic rings. The molecule has 0 radical (unpaired) electrons. The van der Waals surface area contributed by atoms with Gasteiger partial charge >= 0.3 is 5.97 Å². The highest BCUT2D eigenvalue weighted by atomic mass is 16.5. The number of hydrogen-bond acceptors (Lipinski definition) is 3. The molecule has 4 nitrogen and oxygen atoms in total. The van der Waals surface area contributed by atoms with Gasteiger partial charge in [0.25, 0.3) is 5.91 Å². The SMILES string of the molecule is COC(=O)c1ccc2c(c1)cc1n2C(=O)C(c2ccccc2)=C1C. The van der Waals surface area contributed by atoms with Gasteiger partial charge in [0.15, 0.2) is 0 Å². The number of allylic oxidation sites excluding steroid dienone is 2. The van der Waals surface area contributed by atoms with Crippen molar-refractivity contribution in [2.45, 2.75) is 6.92 Å². The zero-order valence-electron chi connectivity index (χ0n) is 13.4. The summed E-state index contributed by atoms with van der Waals surface area (Å²) in [5.41, 5.74) is 4.74. The highest BCUT2D eigenvalue weighted by Gasteiger charge is 2.30. The van der Waals surface area contributed by atoms with Crippen molar-refractivity contribution in [3.05, 3.63) is 71.4 Å². The molecule has 0 bridgehead atoms. The standard InChI is InChI=1S/C20H15NO3/c1-12-17-11-15-10-14(20(23)24-2)8-9-16(15)21(17)19(22)18(12)13-6-4-3-5-7-13/h3-11H,1-2H3. The number of fused-ring (bicyclic) bond motifs is 3. The fourth-order valence-corrected chi connectivity index (χ4v) is 3.30. The van der Waals surface area contributed by atoms with E-state index in [0.29, 0.717) is 5.56 Å². The Morgan fingerprint density at radius 3 is 2.50 bits per heavy atom. The summed E-state index contributed by atoms with van der Waals surface area (Å²) in [6, 6.07) is 16.9. The van der Waals surface area contributed by atoms with Crippen molar-refractivity contribution in [3.8, 4) is 0 Å². The molecule has 118 valence electrons. The van der Waals surface area contributed by atoms with Crippen molar-refractivity contribution in [1.82, 2.24) is 4.57 Å². The summed E-state index contributed by atoms with van der Waals surface area (Å²) in [5, 5.41) is 0.854. The maximum atomic E-state index is 13.0. The molecule has 0 amide bonds. The van der Waals surface area contributed by atoms with Gasteiger partial charge in [-0.2, -0.15) is 0 Å². The molecular weight excluding hydrogens is 302 g/mol. The maximum Gasteiger partial charge on any atom is 0.337 e. The van der Waals surface area contributed by atoms with E-state index in [9.17, 15) is 9.59 Å². The van der Waals surface area contributed by atoms with Crippen LogP contribution in [0.15, 0.2) is 54.6 Å². The monoisotopic (exact) mass is 317 g/mol. The number of ether oxygens (including phenoxy) is 1. The van der Waals surface area contributed by atoms with Crippen LogP contribution >= 0.6 is 0 Å². The number of methoxy groups -OCH3 is 1. The lowest BCUT2D eigenvalue weighted by Gasteiger charge is -2.05. The summed E-state index contributed by atoms with van der Waals surface area (Å²) in [6.45, 7) is 1.96. The van der Waals surface area contributed by atoms with Gasteiger partial charge in [0, 0.05) is 5.39 Å². The van der Waals surface area contributed by atoms with Gasteiger partial charge in [-0.25, -0.2) is 4.79 Å². The Labute approximate surface area is 139 Å². The zero-order chi connectivity index (χ0) is 16.8. The van der Waals surface area contributed by atoms with Gasteiger partial charge in [-0.1, -0.05) is 30.3 Å². The van der Waals surface area contributed by atoms with Gasteiger partial charge < -0.3 is 4.74 Å². The minimum Gasteiger partial charge on any atom is -0.465 e. The van der Waals surface area contributed by atoms with Crippen molar-refractivity contribution in [2.75, 3.05) is 7.11 Å². The van der Waals surface area contributed by atoms with Crippen molar-refractivity contribution < 1.29 is 14.3 Å². The maximum absolute atomic E-state index is 13.0. The molecule has 4 rings (SSSR count). The Morgan fingerprint density at radius 2 is 1.79 bits per heavy atom. The molecule has 1 aromatic heterocycles. The quantitative estimate of drug-likeness (QED) is 0.671. The molecule has 0 spiro atoms. The molecule has 0 saturated carbocycles. The van der Waals surface area contributed by atoms with Crippen molar-refractivity contribution >= 4 is 33.9 Å². The molecule has 2 heterocycles. The van der Waals surface area contributed by atoms with E-state index in [1.807, 2.05) is 43.3 Å². The third kappa shape index (κ3) is 1.93. The lowest BCUT2D eigenvalue weighted by molar-refractivity contribution is 0.0601. The average molecular weight is 317 g/mol. The summed E-state index contributed by atoms with van der Waals surface area (Å²) in [6.07, 6.45) is 0. The van der Waals surface area contributed by atoms with E-state index < -0.39 is 0 Å². The molecule has 0 unspecified atom stereocenters. The van der Waals surface area contributed by atoms with E-state index in [4.69, 9.17) is 4.74 Å². The molecule has 0 saturated heterocycles. The third-order valence-corrected chi connectivity index (χ3v) is 4.46. The summed E-state index contributed by atoms with van der Waals surface area (Å²) in [4.78, 5) is 24.7. The van der Waals surface area contributed by atoms with Gasteiger partial charge in [-0.3, -0.25) is 9.36 Å². The molecule has 0 atom stereocenters. The zero-order valence-corrected chi connectivity index (χ0v) is 13.4. The fourth-order valence-electron chi connectivity index (χ4n) is 3.30. The molecule has 1 aliphatic rings. The average Bonchev–Trinajstić information content (AvgIpc) is 3.10. The van der Waals surface area contributed by atoms with E-state index >= 15 is 0 Å². The second-order valence-electron chi connectivity index (χ2n) is 5.80. The Kier molecular flexibility index (Phi) is 3.13. The fraction of sp³-hybridized carbons (Fsp3) is 0.100. The lowest BCUT2D eigenvalue weighted by atomic mass is 10.0. The predicted octanol–water partition coefficient (Wildman–Crippen LogP) is 4.01. The Hall–Kier alpha value is -3.14. The van der Waals surface area contributed by atoms with E-state index in [-0.39, 0.29) is 11.9 Å². The van der Waals surface area contributed by atoms with Gasteiger partial charge in [0.1, 0.15) is 0 Å². The highest BCUT2D eigenvalue weighted by Crippen LogP contribution is 2.38. The first-order valence-corrected chi connectivity index (χ1v) is 7.67. The van der Waals surface area contributed by atoms with Crippen LogP contribution in [-0.4, -0.2) is 23.6 Å². The van der Waals surface area contributed by atoms with Crippen LogP contribution in [0, 0.1) is 0 Å². The molecule has 0 fully saturated rings. The van der Waals surface area contributed by atoms with Gasteiger partial charge in [0.2, 0.25) is 0 Å². The topological polar surface area (TPSA) is 48.3 Å². The third-order valence-electron chi connectivity index (χ3n) is 4.46. The Bertz CT molecular complexity index is 1030. The van der Waals surface area contributed by atoms with Crippen LogP contribution in [0.4, 0.5) is 0 Å². The Morgan fingerprint density at radius 1 is 1.04 bits per heavy atom. The smallest absolute Gasteiger partial charge is 0.337 e. The van der Waals surface area contributed by atoms with Crippen LogP contribution in [-0.2, 0) is 4.74 Å². The van der Waals surface area contributed by atoms with Crippen molar-refractivity contribution in [2.24, 2.45) is 0 Å². The van der Waals surface area contributed by atoms with Gasteiger partial charge in [-0.15, -0.1) is 0 Å². The number of aromatic nitrogens is 1. The van der Waals surface area contributed by atoms with Crippen molar-refractivity contribution in [3.63, 3.8) is 0 Å². The van der Waals surface area contributed by atoms with Crippen LogP contribution < -0.4 is 0 Å². The largest absolute Gasteiger partial charge is 0.465 e. The molecule has 2 aromatic carbocycles. The second kappa shape index (κ2) is 5.20. The first kappa shape index (κ1) is 14.5. The first-order chi connectivity index (χ1) is 11.6. The van der Waals surface area contributed by atoms with E-state index in [2.05, 4.69) is 0 Å². The summed E-state index contributed by atoms with van der Waals surface area (Å²) >= 11 is 0. The van der Waals surface area contributed by atoms with E-state index in [1.54, 1.807) is 22.8 Å². The second-order valence-corrected chi connectivity index (χ2v) is 5.80. The number of carbonyl (C=O) groups excluding carboxylic acids is 2. The number of nitrogens with zero attached hydrogens (tertiary/aromatic N) is 1. The molecule has 0 aliphatic carbocycles. The minimum absolute atomic E-state index is 0.0329. The summed E-state index contributed by atoms with van der Waals surface area (Å²) in [5.74, 6) is -0.415. The van der Waals surface area contributed by atoms with Gasteiger partial charge in [-0.05, 0) is 42.3 Å². The molecule has 0 N–H and O–H groups in total. The first-order valence-electron chi connectivity index (χ1n) is 7.67. The van der Waals surface area contributed by atoms with Crippen LogP contribution in [0.25, 0.3) is 22.0 Å². The molecule has 4 heteroatoms. The Balaban J connectivity index is 1.90. The summed E-state index contributed by atoms with van der Waals surface area (Å²) < 4.78 is 6.47. The number of rotatable bonds is 2. The number of carbonyl (C=O) groups is 2. The van der Waals surface area contributed by atoms with Gasteiger partial charge in [0.05, 0.1) is 29.5 Å². The van der Waals surface area contributed by atoms with Crippen LogP contribution in [0.5, 0.6) is 0 Å². The molecule has 24 heavy (non-hydrogen) atoms.